The van der Waals surface area contributed by atoms with Gasteiger partial charge in [0.25, 0.3) is 5.91 Å². The lowest BCUT2D eigenvalue weighted by Crippen LogP contribution is -2.38. The summed E-state index contributed by atoms with van der Waals surface area (Å²) in [5.74, 6) is -0.143. The van der Waals surface area contributed by atoms with Gasteiger partial charge >= 0.3 is 0 Å². The third-order valence-electron chi connectivity index (χ3n) is 5.25. The van der Waals surface area contributed by atoms with E-state index in [2.05, 4.69) is 20.3 Å². The zero-order chi connectivity index (χ0) is 18.1. The van der Waals surface area contributed by atoms with Crippen LogP contribution < -0.4 is 5.32 Å². The molecule has 26 heavy (non-hydrogen) atoms. The molecule has 2 heterocycles. The fourth-order valence-electron chi connectivity index (χ4n) is 3.86. The number of carbonyl (C=O) groups excluding carboxylic acids is 1. The molecule has 1 amide bonds. The highest BCUT2D eigenvalue weighted by Crippen LogP contribution is 2.32. The molecular formula is C20H21FN4O. The van der Waals surface area contributed by atoms with E-state index in [0.717, 1.165) is 36.8 Å². The maximum Gasteiger partial charge on any atom is 0.267 e. The largest absolute Gasteiger partial charge is 0.350 e. The van der Waals surface area contributed by atoms with Gasteiger partial charge in [-0.25, -0.2) is 14.4 Å². The molecule has 2 N–H and O–H groups in total. The lowest BCUT2D eigenvalue weighted by molar-refractivity contribution is 0.0921. The van der Waals surface area contributed by atoms with Gasteiger partial charge < -0.3 is 10.3 Å². The maximum absolute atomic E-state index is 14.0. The first-order valence-electron chi connectivity index (χ1n) is 8.95. The summed E-state index contributed by atoms with van der Waals surface area (Å²) in [5.41, 5.74) is 3.12. The Kier molecular flexibility index (Phi) is 4.41. The topological polar surface area (TPSA) is 70.7 Å². The SMILES string of the molecule is Cc1ccc(F)c2cc(C(=O)N[C@@H]3CCCC(c4cncnc4)C3)[nH]c12. The molecule has 2 atom stereocenters. The molecule has 1 fully saturated rings. The smallest absolute Gasteiger partial charge is 0.267 e. The van der Waals surface area contributed by atoms with Crippen LogP contribution in [-0.2, 0) is 0 Å². The van der Waals surface area contributed by atoms with Gasteiger partial charge in [-0.1, -0.05) is 12.5 Å². The van der Waals surface area contributed by atoms with Gasteiger partial charge in [0, 0.05) is 23.8 Å². The minimum Gasteiger partial charge on any atom is -0.350 e. The van der Waals surface area contributed by atoms with Crippen LogP contribution in [0.25, 0.3) is 10.9 Å². The molecule has 4 rings (SSSR count). The van der Waals surface area contributed by atoms with E-state index in [1.807, 2.05) is 19.3 Å². The monoisotopic (exact) mass is 352 g/mol. The van der Waals surface area contributed by atoms with E-state index in [0.29, 0.717) is 22.5 Å². The van der Waals surface area contributed by atoms with Crippen molar-refractivity contribution >= 4 is 16.8 Å². The minimum atomic E-state index is -0.317. The molecule has 1 aliphatic carbocycles. The van der Waals surface area contributed by atoms with Crippen molar-refractivity contribution in [1.82, 2.24) is 20.3 Å². The summed E-state index contributed by atoms with van der Waals surface area (Å²) in [6.45, 7) is 1.90. The van der Waals surface area contributed by atoms with Crippen LogP contribution in [0.4, 0.5) is 4.39 Å². The number of halogens is 1. The first-order valence-corrected chi connectivity index (χ1v) is 8.95. The second-order valence-corrected chi connectivity index (χ2v) is 7.04. The summed E-state index contributed by atoms with van der Waals surface area (Å²) in [5, 5.41) is 3.56. The molecule has 1 saturated carbocycles. The summed E-state index contributed by atoms with van der Waals surface area (Å²) >= 11 is 0. The molecule has 1 aliphatic rings. The van der Waals surface area contributed by atoms with Crippen molar-refractivity contribution < 1.29 is 9.18 Å². The number of H-pyrrole nitrogens is 1. The number of aromatic amines is 1. The number of amides is 1. The number of nitrogens with one attached hydrogen (secondary N) is 2. The molecule has 1 unspecified atom stereocenters. The molecule has 5 nitrogen and oxygen atoms in total. The van der Waals surface area contributed by atoms with E-state index in [9.17, 15) is 9.18 Å². The number of benzene rings is 1. The Morgan fingerprint density at radius 2 is 2.08 bits per heavy atom. The van der Waals surface area contributed by atoms with E-state index in [-0.39, 0.29) is 17.8 Å². The fourth-order valence-corrected chi connectivity index (χ4v) is 3.86. The van der Waals surface area contributed by atoms with Gasteiger partial charge in [0.05, 0.1) is 5.52 Å². The summed E-state index contributed by atoms with van der Waals surface area (Å²) in [4.78, 5) is 23.9. The van der Waals surface area contributed by atoms with E-state index in [1.165, 1.54) is 12.4 Å². The molecule has 134 valence electrons. The molecule has 0 spiro atoms. The van der Waals surface area contributed by atoms with Gasteiger partial charge in [0.15, 0.2) is 0 Å². The van der Waals surface area contributed by atoms with Crippen LogP contribution in [0.2, 0.25) is 0 Å². The van der Waals surface area contributed by atoms with Crippen LogP contribution in [-0.4, -0.2) is 26.9 Å². The standard InChI is InChI=1S/C20H21FN4O/c1-12-5-6-17(21)16-8-18(25-19(12)16)20(26)24-15-4-2-3-13(7-15)14-9-22-11-23-10-14/h5-6,8-11,13,15,25H,2-4,7H2,1H3,(H,24,26)/t13?,15-/m1/s1. The highest BCUT2D eigenvalue weighted by molar-refractivity contribution is 5.99. The zero-order valence-electron chi connectivity index (χ0n) is 14.6. The number of hydrogen-bond donors (Lipinski definition) is 2. The van der Waals surface area contributed by atoms with E-state index in [1.54, 1.807) is 12.1 Å². The number of rotatable bonds is 3. The summed E-state index contributed by atoms with van der Waals surface area (Å²) in [6, 6.07) is 4.83. The summed E-state index contributed by atoms with van der Waals surface area (Å²) in [6.07, 6.45) is 9.18. The van der Waals surface area contributed by atoms with Crippen LogP contribution in [0.15, 0.2) is 36.9 Å². The Labute approximate surface area is 151 Å². The fraction of sp³-hybridized carbons (Fsp3) is 0.350. The number of hydrogen-bond acceptors (Lipinski definition) is 3. The van der Waals surface area contributed by atoms with Crippen molar-refractivity contribution in [1.29, 1.82) is 0 Å². The normalized spacial score (nSPS) is 20.2. The minimum absolute atomic E-state index is 0.0961. The van der Waals surface area contributed by atoms with Crippen molar-refractivity contribution in [2.45, 2.75) is 44.6 Å². The maximum atomic E-state index is 14.0. The Morgan fingerprint density at radius 3 is 2.85 bits per heavy atom. The molecule has 0 aliphatic heterocycles. The van der Waals surface area contributed by atoms with Gasteiger partial charge in [0.2, 0.25) is 0 Å². The van der Waals surface area contributed by atoms with Crippen LogP contribution in [0.5, 0.6) is 0 Å². The van der Waals surface area contributed by atoms with Crippen molar-refractivity contribution in [3.63, 3.8) is 0 Å². The molecule has 6 heteroatoms. The quantitative estimate of drug-likeness (QED) is 0.752. The van der Waals surface area contributed by atoms with Gasteiger partial charge in [-0.15, -0.1) is 0 Å². The molecule has 3 aromatic rings. The second-order valence-electron chi connectivity index (χ2n) is 7.04. The van der Waals surface area contributed by atoms with Crippen LogP contribution in [0.3, 0.4) is 0 Å². The third-order valence-corrected chi connectivity index (χ3v) is 5.25. The first kappa shape index (κ1) is 16.7. The molecular weight excluding hydrogens is 331 g/mol. The van der Waals surface area contributed by atoms with E-state index >= 15 is 0 Å². The number of carbonyl (C=O) groups is 1. The molecule has 0 bridgehead atoms. The van der Waals surface area contributed by atoms with Gasteiger partial charge in [-0.2, -0.15) is 0 Å². The lowest BCUT2D eigenvalue weighted by atomic mass is 9.82. The predicted molar refractivity (Wildman–Crippen MR) is 97.5 cm³/mol. The van der Waals surface area contributed by atoms with E-state index < -0.39 is 0 Å². The van der Waals surface area contributed by atoms with Gasteiger partial charge in [-0.3, -0.25) is 4.79 Å². The Morgan fingerprint density at radius 1 is 1.27 bits per heavy atom. The summed E-state index contributed by atoms with van der Waals surface area (Å²) in [7, 11) is 0. The van der Waals surface area contributed by atoms with Crippen molar-refractivity contribution in [2.75, 3.05) is 0 Å². The Hall–Kier alpha value is -2.76. The molecule has 0 saturated heterocycles. The molecule has 2 aromatic heterocycles. The Bertz CT molecular complexity index is 899. The number of aryl methyl sites for hydroxylation is 1. The second kappa shape index (κ2) is 6.86. The molecule has 1 aromatic carbocycles. The number of nitrogens with zero attached hydrogens (tertiary/aromatic N) is 2. The molecule has 0 radical (unpaired) electrons. The van der Waals surface area contributed by atoms with Crippen LogP contribution in [0.1, 0.15) is 53.2 Å². The summed E-state index contributed by atoms with van der Waals surface area (Å²) < 4.78 is 14.0. The van der Waals surface area contributed by atoms with Gasteiger partial charge in [-0.05, 0) is 55.4 Å². The average Bonchev–Trinajstić information content (AvgIpc) is 3.13. The van der Waals surface area contributed by atoms with Crippen LogP contribution >= 0.6 is 0 Å². The lowest BCUT2D eigenvalue weighted by Gasteiger charge is -2.29. The number of fused-ring (bicyclic) bond motifs is 1. The number of aromatic nitrogens is 3. The zero-order valence-corrected chi connectivity index (χ0v) is 14.6. The van der Waals surface area contributed by atoms with E-state index in [4.69, 9.17) is 0 Å². The first-order chi connectivity index (χ1) is 12.6. The average molecular weight is 352 g/mol. The highest BCUT2D eigenvalue weighted by atomic mass is 19.1. The predicted octanol–water partition coefficient (Wildman–Crippen LogP) is 3.86. The highest BCUT2D eigenvalue weighted by Gasteiger charge is 2.25. The van der Waals surface area contributed by atoms with Crippen molar-refractivity contribution in [3.05, 3.63) is 59.6 Å². The van der Waals surface area contributed by atoms with Crippen molar-refractivity contribution in [2.24, 2.45) is 0 Å². The van der Waals surface area contributed by atoms with Gasteiger partial charge in [0.1, 0.15) is 17.8 Å². The van der Waals surface area contributed by atoms with Crippen LogP contribution in [0, 0.1) is 12.7 Å². The third kappa shape index (κ3) is 3.19. The Balaban J connectivity index is 1.49. The van der Waals surface area contributed by atoms with Crippen molar-refractivity contribution in [3.8, 4) is 0 Å².